The van der Waals surface area contributed by atoms with E-state index in [1.165, 1.54) is 24.1 Å². The Morgan fingerprint density at radius 2 is 2.28 bits per heavy atom. The van der Waals surface area contributed by atoms with Crippen LogP contribution in [0.1, 0.15) is 54.1 Å². The van der Waals surface area contributed by atoms with Gasteiger partial charge in [-0.25, -0.2) is 0 Å². The van der Waals surface area contributed by atoms with Gasteiger partial charge in [-0.15, -0.1) is 21.5 Å². The topological polar surface area (TPSA) is 83.6 Å². The Balaban J connectivity index is 1.34. The van der Waals surface area contributed by atoms with Crippen LogP contribution in [0.3, 0.4) is 0 Å². The number of thioether (sulfide) groups is 1. The smallest absolute Gasteiger partial charge is 0.225 e. The second kappa shape index (κ2) is 7.18. The first kappa shape index (κ1) is 16.6. The molecule has 1 saturated carbocycles. The van der Waals surface area contributed by atoms with Crippen molar-refractivity contribution in [3.63, 3.8) is 0 Å². The predicted molar refractivity (Wildman–Crippen MR) is 97.9 cm³/mol. The summed E-state index contributed by atoms with van der Waals surface area (Å²) in [7, 11) is 0. The summed E-state index contributed by atoms with van der Waals surface area (Å²) in [6, 6.07) is 2.83. The summed E-state index contributed by atoms with van der Waals surface area (Å²) in [5, 5.41) is 22.1. The van der Waals surface area contributed by atoms with E-state index in [2.05, 4.69) is 26.2 Å². The fraction of sp³-hybridized carbons (Fsp3) is 0.529. The van der Waals surface area contributed by atoms with E-state index in [0.29, 0.717) is 23.8 Å². The van der Waals surface area contributed by atoms with Crippen LogP contribution in [-0.4, -0.2) is 26.4 Å². The molecule has 0 spiro atoms. The van der Waals surface area contributed by atoms with Gasteiger partial charge in [0, 0.05) is 23.1 Å². The summed E-state index contributed by atoms with van der Waals surface area (Å²) < 4.78 is 2.10. The third-order valence-corrected chi connectivity index (χ3v) is 6.74. The molecule has 1 amide bonds. The molecule has 0 unspecified atom stereocenters. The summed E-state index contributed by atoms with van der Waals surface area (Å²) >= 11 is 3.14. The molecule has 2 aromatic heterocycles. The lowest BCUT2D eigenvalue weighted by Crippen LogP contribution is -2.12. The molecule has 0 aliphatic heterocycles. The number of hydrogen-bond donors (Lipinski definition) is 1. The zero-order chi connectivity index (χ0) is 17.2. The van der Waals surface area contributed by atoms with Gasteiger partial charge >= 0.3 is 0 Å². The highest BCUT2D eigenvalue weighted by Gasteiger charge is 2.26. The number of nitrogens with zero attached hydrogens (tertiary/aromatic N) is 4. The Labute approximate surface area is 154 Å². The lowest BCUT2D eigenvalue weighted by atomic mass is 9.96. The summed E-state index contributed by atoms with van der Waals surface area (Å²) in [6.07, 6.45) is 8.83. The highest BCUT2D eigenvalue weighted by atomic mass is 32.2. The van der Waals surface area contributed by atoms with E-state index in [1.54, 1.807) is 29.4 Å². The third-order valence-electron chi connectivity index (χ3n) is 4.58. The average molecular weight is 374 g/mol. The zero-order valence-electron chi connectivity index (χ0n) is 13.8. The van der Waals surface area contributed by atoms with Crippen LogP contribution in [0.4, 0.5) is 5.00 Å². The Morgan fingerprint density at radius 1 is 1.44 bits per heavy atom. The van der Waals surface area contributed by atoms with Gasteiger partial charge in [0.25, 0.3) is 0 Å². The molecule has 2 aliphatic carbocycles. The molecule has 130 valence electrons. The predicted octanol–water partition coefficient (Wildman–Crippen LogP) is 3.55. The van der Waals surface area contributed by atoms with E-state index in [4.69, 9.17) is 0 Å². The van der Waals surface area contributed by atoms with E-state index in [1.807, 2.05) is 0 Å². The second-order valence-electron chi connectivity index (χ2n) is 6.43. The van der Waals surface area contributed by atoms with Gasteiger partial charge in [-0.3, -0.25) is 4.79 Å². The molecule has 0 aromatic carbocycles. The number of fused-ring (bicyclic) bond motifs is 1. The van der Waals surface area contributed by atoms with Gasteiger partial charge in [0.05, 0.1) is 5.56 Å². The number of nitriles is 1. The molecule has 0 radical (unpaired) electrons. The molecular weight excluding hydrogens is 354 g/mol. The van der Waals surface area contributed by atoms with Crippen molar-refractivity contribution < 1.29 is 4.79 Å². The van der Waals surface area contributed by atoms with Crippen LogP contribution < -0.4 is 5.32 Å². The molecule has 2 aromatic rings. The number of hydrogen-bond acceptors (Lipinski definition) is 6. The van der Waals surface area contributed by atoms with E-state index in [-0.39, 0.29) is 5.91 Å². The minimum absolute atomic E-state index is 0.0416. The lowest BCUT2D eigenvalue weighted by Gasteiger charge is -2.09. The average Bonchev–Trinajstić information content (AvgIpc) is 3.24. The first-order chi connectivity index (χ1) is 12.3. The summed E-state index contributed by atoms with van der Waals surface area (Å²) in [4.78, 5) is 13.6. The van der Waals surface area contributed by atoms with Crippen LogP contribution in [0, 0.1) is 11.3 Å². The molecule has 0 saturated heterocycles. The first-order valence-corrected chi connectivity index (χ1v) is 10.4. The van der Waals surface area contributed by atoms with Gasteiger partial charge in [0.15, 0.2) is 5.16 Å². The van der Waals surface area contributed by atoms with Crippen LogP contribution in [0.25, 0.3) is 0 Å². The maximum absolute atomic E-state index is 12.3. The number of rotatable bonds is 6. The highest BCUT2D eigenvalue weighted by molar-refractivity contribution is 7.99. The summed E-state index contributed by atoms with van der Waals surface area (Å²) in [5.74, 6) is 0.615. The first-order valence-electron chi connectivity index (χ1n) is 8.63. The molecule has 2 heterocycles. The van der Waals surface area contributed by atoms with Crippen molar-refractivity contribution >= 4 is 34.0 Å². The number of nitrogens with one attached hydrogen (secondary N) is 1. The lowest BCUT2D eigenvalue weighted by molar-refractivity contribution is -0.115. The molecule has 2 aliphatic rings. The van der Waals surface area contributed by atoms with Crippen molar-refractivity contribution in [3.05, 3.63) is 22.3 Å². The molecule has 0 atom stereocenters. The molecule has 0 bridgehead atoms. The van der Waals surface area contributed by atoms with E-state index < -0.39 is 0 Å². The van der Waals surface area contributed by atoms with Crippen molar-refractivity contribution in [2.45, 2.75) is 56.1 Å². The zero-order valence-corrected chi connectivity index (χ0v) is 15.5. The molecule has 1 fully saturated rings. The third kappa shape index (κ3) is 3.58. The molecule has 25 heavy (non-hydrogen) atoms. The minimum atomic E-state index is -0.0416. The van der Waals surface area contributed by atoms with E-state index in [0.717, 1.165) is 35.0 Å². The maximum atomic E-state index is 12.3. The normalized spacial score (nSPS) is 16.3. The van der Waals surface area contributed by atoms with Crippen LogP contribution in [-0.2, 0) is 17.6 Å². The van der Waals surface area contributed by atoms with Crippen molar-refractivity contribution in [3.8, 4) is 6.07 Å². The van der Waals surface area contributed by atoms with Gasteiger partial charge in [0.1, 0.15) is 17.4 Å². The fourth-order valence-corrected chi connectivity index (χ4v) is 5.31. The molecule has 6 nitrogen and oxygen atoms in total. The standard InChI is InChI=1S/C17H19N5OS2/c18-9-13-12-3-1-2-4-14(12)25-16(13)20-15(23)7-8-24-17-21-19-10-22(17)11-5-6-11/h10-11H,1-8H2,(H,20,23). The van der Waals surface area contributed by atoms with Gasteiger partial charge in [0.2, 0.25) is 5.91 Å². The summed E-state index contributed by atoms with van der Waals surface area (Å²) in [5.41, 5.74) is 1.83. The number of anilines is 1. The molecule has 8 heteroatoms. The van der Waals surface area contributed by atoms with Crippen LogP contribution in [0.2, 0.25) is 0 Å². The Hall–Kier alpha value is -1.85. The molecule has 1 N–H and O–H groups in total. The van der Waals surface area contributed by atoms with Crippen LogP contribution >= 0.6 is 23.1 Å². The Bertz CT molecular complexity index is 831. The number of carbonyl (C=O) groups is 1. The summed E-state index contributed by atoms with van der Waals surface area (Å²) in [6.45, 7) is 0. The SMILES string of the molecule is N#Cc1c(NC(=O)CCSc2nncn2C2CC2)sc2c1CCCC2. The van der Waals surface area contributed by atoms with Gasteiger partial charge in [-0.2, -0.15) is 5.26 Å². The van der Waals surface area contributed by atoms with E-state index in [9.17, 15) is 10.1 Å². The molecule has 4 rings (SSSR count). The quantitative estimate of drug-likeness (QED) is 0.783. The van der Waals surface area contributed by atoms with E-state index >= 15 is 0 Å². The van der Waals surface area contributed by atoms with Crippen molar-refractivity contribution in [2.75, 3.05) is 11.1 Å². The van der Waals surface area contributed by atoms with Crippen molar-refractivity contribution in [2.24, 2.45) is 0 Å². The Kier molecular flexibility index (Phi) is 4.77. The number of aryl methyl sites for hydroxylation is 1. The largest absolute Gasteiger partial charge is 0.317 e. The monoisotopic (exact) mass is 373 g/mol. The van der Waals surface area contributed by atoms with Gasteiger partial charge < -0.3 is 9.88 Å². The number of aromatic nitrogens is 3. The highest BCUT2D eigenvalue weighted by Crippen LogP contribution is 2.38. The fourth-order valence-electron chi connectivity index (χ4n) is 3.13. The number of thiophene rings is 1. The van der Waals surface area contributed by atoms with Crippen LogP contribution in [0.5, 0.6) is 0 Å². The van der Waals surface area contributed by atoms with Crippen molar-refractivity contribution in [1.29, 1.82) is 5.26 Å². The van der Waals surface area contributed by atoms with Gasteiger partial charge in [-0.05, 0) is 44.1 Å². The van der Waals surface area contributed by atoms with Crippen molar-refractivity contribution in [1.82, 2.24) is 14.8 Å². The second-order valence-corrected chi connectivity index (χ2v) is 8.59. The number of carbonyl (C=O) groups excluding carboxylic acids is 1. The van der Waals surface area contributed by atoms with Crippen LogP contribution in [0.15, 0.2) is 11.5 Å². The minimum Gasteiger partial charge on any atom is -0.317 e. The Morgan fingerprint density at radius 3 is 3.08 bits per heavy atom. The molecular formula is C17H19N5OS2. The number of amides is 1. The maximum Gasteiger partial charge on any atom is 0.225 e. The van der Waals surface area contributed by atoms with Gasteiger partial charge in [-0.1, -0.05) is 11.8 Å².